The molecule has 0 aliphatic carbocycles. The highest BCUT2D eigenvalue weighted by molar-refractivity contribution is 7.90. The molecule has 1 N–H and O–H groups in total. The van der Waals surface area contributed by atoms with Crippen LogP contribution in [-0.2, 0) is 15.6 Å². The third kappa shape index (κ3) is 3.88. The van der Waals surface area contributed by atoms with Crippen molar-refractivity contribution in [3.05, 3.63) is 96.2 Å². The van der Waals surface area contributed by atoms with Crippen LogP contribution in [0.15, 0.2) is 94.5 Å². The molecule has 30 heavy (non-hydrogen) atoms. The van der Waals surface area contributed by atoms with Crippen LogP contribution >= 0.6 is 0 Å². The maximum Gasteiger partial charge on any atom is 0.335 e. The topological polar surface area (TPSA) is 97.5 Å². The Morgan fingerprint density at radius 2 is 1.63 bits per heavy atom. The van der Waals surface area contributed by atoms with Crippen molar-refractivity contribution >= 4 is 15.8 Å². The lowest BCUT2D eigenvalue weighted by Gasteiger charge is -2.12. The Bertz CT molecular complexity index is 1300. The van der Waals surface area contributed by atoms with Crippen LogP contribution in [0, 0.1) is 0 Å². The van der Waals surface area contributed by atoms with Crippen LogP contribution in [-0.4, -0.2) is 24.7 Å². The number of hydrogen-bond donors (Lipinski definition) is 1. The average molecular weight is 419 g/mol. The van der Waals surface area contributed by atoms with Crippen LogP contribution < -0.4 is 0 Å². The number of aromatic carboxylic acids is 1. The van der Waals surface area contributed by atoms with Gasteiger partial charge < -0.3 is 9.63 Å². The van der Waals surface area contributed by atoms with E-state index in [9.17, 15) is 18.3 Å². The number of carbonyl (C=O) groups is 1. The summed E-state index contributed by atoms with van der Waals surface area (Å²) in [5, 5.41) is 13.2. The van der Waals surface area contributed by atoms with E-state index in [-0.39, 0.29) is 16.0 Å². The van der Waals surface area contributed by atoms with Crippen LogP contribution in [0.2, 0.25) is 0 Å². The average Bonchev–Trinajstić information content (AvgIpc) is 3.29. The SMILES string of the molecule is O=C(O)c1ccc(-c2ccccc2)cc1CS(=O)(=O)c1ccccc1-c1ccno1. The molecule has 0 aliphatic heterocycles. The van der Waals surface area contributed by atoms with Crippen molar-refractivity contribution in [2.45, 2.75) is 10.6 Å². The second-order valence-corrected chi connectivity index (χ2v) is 8.63. The van der Waals surface area contributed by atoms with E-state index in [2.05, 4.69) is 5.16 Å². The maximum absolute atomic E-state index is 13.3. The lowest BCUT2D eigenvalue weighted by atomic mass is 10.00. The number of rotatable bonds is 6. The quantitative estimate of drug-likeness (QED) is 0.487. The van der Waals surface area contributed by atoms with Gasteiger partial charge in [-0.05, 0) is 41.0 Å². The number of aromatic nitrogens is 1. The summed E-state index contributed by atoms with van der Waals surface area (Å²) in [5.74, 6) is -1.31. The summed E-state index contributed by atoms with van der Waals surface area (Å²) >= 11 is 0. The lowest BCUT2D eigenvalue weighted by molar-refractivity contribution is 0.0696. The Balaban J connectivity index is 1.80. The Morgan fingerprint density at radius 3 is 2.33 bits per heavy atom. The van der Waals surface area contributed by atoms with Gasteiger partial charge in [0.2, 0.25) is 0 Å². The standard InChI is InChI=1S/C23H17NO5S/c25-23(26)19-11-10-17(16-6-2-1-3-7-16)14-18(19)15-30(27,28)22-9-5-4-8-20(22)21-12-13-24-29-21/h1-14H,15H2,(H,25,26). The van der Waals surface area contributed by atoms with Crippen molar-refractivity contribution in [1.82, 2.24) is 5.16 Å². The van der Waals surface area contributed by atoms with Crippen molar-refractivity contribution in [2.75, 3.05) is 0 Å². The molecule has 7 heteroatoms. The highest BCUT2D eigenvalue weighted by Crippen LogP contribution is 2.31. The highest BCUT2D eigenvalue weighted by atomic mass is 32.2. The first-order valence-electron chi connectivity index (χ1n) is 9.10. The molecule has 0 amide bonds. The Morgan fingerprint density at radius 1 is 0.900 bits per heavy atom. The van der Waals surface area contributed by atoms with Gasteiger partial charge in [-0.15, -0.1) is 0 Å². The van der Waals surface area contributed by atoms with E-state index in [0.717, 1.165) is 11.1 Å². The molecule has 0 saturated carbocycles. The zero-order valence-electron chi connectivity index (χ0n) is 15.7. The molecule has 0 spiro atoms. The fourth-order valence-corrected chi connectivity index (χ4v) is 4.90. The van der Waals surface area contributed by atoms with Crippen molar-refractivity contribution in [3.8, 4) is 22.5 Å². The molecule has 1 heterocycles. The molecule has 150 valence electrons. The Kier molecular flexibility index (Phi) is 5.20. The van der Waals surface area contributed by atoms with Gasteiger partial charge in [-0.3, -0.25) is 0 Å². The zero-order chi connectivity index (χ0) is 21.1. The normalized spacial score (nSPS) is 11.3. The van der Waals surface area contributed by atoms with Crippen LogP contribution in [0.3, 0.4) is 0 Å². The molecule has 0 fully saturated rings. The van der Waals surface area contributed by atoms with Gasteiger partial charge in [0.05, 0.1) is 22.4 Å². The van der Waals surface area contributed by atoms with Gasteiger partial charge in [0.15, 0.2) is 15.6 Å². The second kappa shape index (κ2) is 7.96. The van der Waals surface area contributed by atoms with E-state index < -0.39 is 21.6 Å². The highest BCUT2D eigenvalue weighted by Gasteiger charge is 2.24. The van der Waals surface area contributed by atoms with Crippen LogP contribution in [0.25, 0.3) is 22.5 Å². The minimum Gasteiger partial charge on any atom is -0.478 e. The van der Waals surface area contributed by atoms with Crippen LogP contribution in [0.5, 0.6) is 0 Å². The Hall–Kier alpha value is -3.71. The summed E-state index contributed by atoms with van der Waals surface area (Å²) < 4.78 is 31.7. The fourth-order valence-electron chi connectivity index (χ4n) is 3.31. The zero-order valence-corrected chi connectivity index (χ0v) is 16.5. The van der Waals surface area contributed by atoms with Gasteiger partial charge in [0.1, 0.15) is 0 Å². The maximum atomic E-state index is 13.3. The number of sulfone groups is 1. The molecule has 0 bridgehead atoms. The number of benzene rings is 3. The third-order valence-electron chi connectivity index (χ3n) is 4.71. The molecule has 1 aromatic heterocycles. The van der Waals surface area contributed by atoms with Crippen molar-refractivity contribution in [1.29, 1.82) is 0 Å². The van der Waals surface area contributed by atoms with Gasteiger partial charge in [0, 0.05) is 11.6 Å². The molecule has 0 aliphatic rings. The van der Waals surface area contributed by atoms with Crippen LogP contribution in [0.4, 0.5) is 0 Å². The monoisotopic (exact) mass is 419 g/mol. The van der Waals surface area contributed by atoms with Gasteiger partial charge in [-0.2, -0.15) is 0 Å². The molecular weight excluding hydrogens is 402 g/mol. The van der Waals surface area contributed by atoms with E-state index in [1.165, 1.54) is 18.3 Å². The largest absolute Gasteiger partial charge is 0.478 e. The summed E-state index contributed by atoms with van der Waals surface area (Å²) in [6.07, 6.45) is 1.44. The number of carboxylic acid groups (broad SMARTS) is 1. The molecule has 4 rings (SSSR count). The molecule has 0 atom stereocenters. The van der Waals surface area contributed by atoms with E-state index in [0.29, 0.717) is 11.3 Å². The van der Waals surface area contributed by atoms with E-state index in [1.807, 2.05) is 30.3 Å². The molecule has 6 nitrogen and oxygen atoms in total. The molecule has 4 aromatic rings. The van der Waals surface area contributed by atoms with Gasteiger partial charge >= 0.3 is 5.97 Å². The number of nitrogens with zero attached hydrogens (tertiary/aromatic N) is 1. The van der Waals surface area contributed by atoms with E-state index in [1.54, 1.807) is 36.4 Å². The van der Waals surface area contributed by atoms with E-state index >= 15 is 0 Å². The van der Waals surface area contributed by atoms with Gasteiger partial charge in [0.25, 0.3) is 0 Å². The summed E-state index contributed by atoms with van der Waals surface area (Å²) in [6, 6.07) is 22.1. The summed E-state index contributed by atoms with van der Waals surface area (Å²) in [7, 11) is -3.88. The molecule has 0 radical (unpaired) electrons. The molecule has 3 aromatic carbocycles. The third-order valence-corrected chi connectivity index (χ3v) is 6.43. The first kappa shape index (κ1) is 19.6. The molecule has 0 saturated heterocycles. The van der Waals surface area contributed by atoms with Crippen molar-refractivity contribution in [2.24, 2.45) is 0 Å². The minimum absolute atomic E-state index is 0.0459. The minimum atomic E-state index is -3.88. The fraction of sp³-hybridized carbons (Fsp3) is 0.0435. The van der Waals surface area contributed by atoms with Crippen molar-refractivity contribution < 1.29 is 22.8 Å². The summed E-state index contributed by atoms with van der Waals surface area (Å²) in [4.78, 5) is 11.8. The number of carboxylic acids is 1. The first-order chi connectivity index (χ1) is 14.5. The lowest BCUT2D eigenvalue weighted by Crippen LogP contribution is -2.11. The first-order valence-corrected chi connectivity index (χ1v) is 10.8. The van der Waals surface area contributed by atoms with Crippen LogP contribution in [0.1, 0.15) is 15.9 Å². The molecule has 0 unspecified atom stereocenters. The van der Waals surface area contributed by atoms with Gasteiger partial charge in [-0.25, -0.2) is 13.2 Å². The molecular formula is C23H17NO5S. The predicted molar refractivity (Wildman–Crippen MR) is 112 cm³/mol. The van der Waals surface area contributed by atoms with Gasteiger partial charge in [-0.1, -0.05) is 53.7 Å². The van der Waals surface area contributed by atoms with E-state index in [4.69, 9.17) is 4.52 Å². The summed E-state index contributed by atoms with van der Waals surface area (Å²) in [5.41, 5.74) is 2.17. The van der Waals surface area contributed by atoms with Crippen molar-refractivity contribution in [3.63, 3.8) is 0 Å². The smallest absolute Gasteiger partial charge is 0.335 e. The second-order valence-electron chi connectivity index (χ2n) is 6.68. The number of hydrogen-bond acceptors (Lipinski definition) is 5. The predicted octanol–water partition coefficient (Wildman–Crippen LogP) is 4.68. The summed E-state index contributed by atoms with van der Waals surface area (Å²) in [6.45, 7) is 0. The Labute approximate surface area is 173 Å².